The highest BCUT2D eigenvalue weighted by molar-refractivity contribution is 5.78. The van der Waals surface area contributed by atoms with Gasteiger partial charge in [-0.15, -0.1) is 0 Å². The van der Waals surface area contributed by atoms with E-state index in [4.69, 9.17) is 4.74 Å². The molecule has 1 aromatic heterocycles. The van der Waals surface area contributed by atoms with Crippen molar-refractivity contribution in [2.45, 2.75) is 78.0 Å². The topological polar surface area (TPSA) is 64.4 Å². The maximum absolute atomic E-state index is 12.7. The van der Waals surface area contributed by atoms with Crippen molar-refractivity contribution < 1.29 is 14.6 Å². The van der Waals surface area contributed by atoms with Gasteiger partial charge in [-0.2, -0.15) is 5.10 Å². The molecule has 25 heavy (non-hydrogen) atoms. The fraction of sp³-hybridized carbons (Fsp3) is 0.700. The number of allylic oxidation sites excluding steroid dienone is 1. The molecule has 3 aliphatic rings. The Morgan fingerprint density at radius 2 is 2.08 bits per heavy atom. The summed E-state index contributed by atoms with van der Waals surface area (Å²) in [6, 6.07) is 1.99. The molecular weight excluding hydrogens is 316 g/mol. The summed E-state index contributed by atoms with van der Waals surface area (Å²) >= 11 is 0. The Balaban J connectivity index is 1.71. The van der Waals surface area contributed by atoms with Crippen molar-refractivity contribution in [3.63, 3.8) is 0 Å². The molecule has 4 atom stereocenters. The highest BCUT2D eigenvalue weighted by Crippen LogP contribution is 2.57. The lowest BCUT2D eigenvalue weighted by molar-refractivity contribution is -0.144. The molecule has 5 heteroatoms. The summed E-state index contributed by atoms with van der Waals surface area (Å²) in [5.41, 5.74) is 3.37. The number of nitrogens with zero attached hydrogens (tertiary/aromatic N) is 2. The second-order valence-corrected chi connectivity index (χ2v) is 8.58. The Morgan fingerprint density at radius 3 is 2.76 bits per heavy atom. The third-order valence-corrected chi connectivity index (χ3v) is 6.76. The maximum Gasteiger partial charge on any atom is 0.314 e. The predicted octanol–water partition coefficient (Wildman–Crippen LogP) is 3.07. The SMILES string of the molecule is CC1=C2[C@@H]3OC(=O)C(Cn4nc(C)cc4C)C3(O)CC[C@@]2(C)CCC1. The van der Waals surface area contributed by atoms with Crippen molar-refractivity contribution in [1.29, 1.82) is 0 Å². The van der Waals surface area contributed by atoms with Crippen LogP contribution >= 0.6 is 0 Å². The van der Waals surface area contributed by atoms with Gasteiger partial charge in [0.1, 0.15) is 11.5 Å². The van der Waals surface area contributed by atoms with Gasteiger partial charge in [0.25, 0.3) is 0 Å². The number of fused-ring (bicyclic) bond motifs is 3. The molecule has 4 rings (SSSR count). The van der Waals surface area contributed by atoms with Gasteiger partial charge in [0, 0.05) is 5.69 Å². The minimum absolute atomic E-state index is 0.0621. The Labute approximate surface area is 149 Å². The molecule has 1 N–H and O–H groups in total. The van der Waals surface area contributed by atoms with E-state index in [0.717, 1.165) is 30.7 Å². The Hall–Kier alpha value is -1.62. The zero-order valence-electron chi connectivity index (χ0n) is 15.6. The van der Waals surface area contributed by atoms with E-state index in [9.17, 15) is 9.90 Å². The maximum atomic E-state index is 12.7. The molecule has 2 fully saturated rings. The van der Waals surface area contributed by atoms with Crippen LogP contribution in [0.25, 0.3) is 0 Å². The quantitative estimate of drug-likeness (QED) is 0.661. The minimum Gasteiger partial charge on any atom is -0.454 e. The number of hydrogen-bond donors (Lipinski definition) is 1. The van der Waals surface area contributed by atoms with E-state index >= 15 is 0 Å². The molecule has 0 radical (unpaired) electrons. The molecule has 5 nitrogen and oxygen atoms in total. The molecule has 0 spiro atoms. The summed E-state index contributed by atoms with van der Waals surface area (Å²) in [6.07, 6.45) is 4.38. The van der Waals surface area contributed by atoms with Gasteiger partial charge in [0.15, 0.2) is 6.10 Å². The number of aromatic nitrogens is 2. The van der Waals surface area contributed by atoms with Crippen molar-refractivity contribution in [2.24, 2.45) is 11.3 Å². The highest BCUT2D eigenvalue weighted by Gasteiger charge is 2.63. The largest absolute Gasteiger partial charge is 0.454 e. The first-order valence-corrected chi connectivity index (χ1v) is 9.39. The molecule has 2 heterocycles. The van der Waals surface area contributed by atoms with Crippen molar-refractivity contribution in [2.75, 3.05) is 0 Å². The van der Waals surface area contributed by atoms with Crippen molar-refractivity contribution >= 4 is 5.97 Å². The van der Waals surface area contributed by atoms with Crippen LogP contribution in [0.1, 0.15) is 57.3 Å². The van der Waals surface area contributed by atoms with Gasteiger partial charge in [-0.25, -0.2) is 0 Å². The van der Waals surface area contributed by atoms with Crippen LogP contribution in [0.2, 0.25) is 0 Å². The van der Waals surface area contributed by atoms with Gasteiger partial charge in [0.05, 0.1) is 12.2 Å². The fourth-order valence-corrected chi connectivity index (χ4v) is 5.37. The van der Waals surface area contributed by atoms with Crippen LogP contribution in [0.5, 0.6) is 0 Å². The number of aryl methyl sites for hydroxylation is 2. The van der Waals surface area contributed by atoms with Gasteiger partial charge in [-0.05, 0) is 69.9 Å². The van der Waals surface area contributed by atoms with Gasteiger partial charge < -0.3 is 9.84 Å². The standard InChI is InChI=1S/C20H28N2O3/c1-12-6-5-7-19(4)8-9-20(24)15(18(23)25-17(20)16(12)19)11-22-14(3)10-13(2)21-22/h10,15,17,24H,5-9,11H2,1-4H3/t15?,17-,19+,20?/m0/s1. The molecule has 1 aliphatic heterocycles. The van der Waals surface area contributed by atoms with Gasteiger partial charge in [-0.1, -0.05) is 12.5 Å². The number of carbonyl (C=O) groups excluding carboxylic acids is 1. The monoisotopic (exact) mass is 344 g/mol. The van der Waals surface area contributed by atoms with E-state index in [1.807, 2.05) is 24.6 Å². The molecule has 1 saturated heterocycles. The summed E-state index contributed by atoms with van der Waals surface area (Å²) in [5, 5.41) is 16.0. The summed E-state index contributed by atoms with van der Waals surface area (Å²) in [6.45, 7) is 8.71. The van der Waals surface area contributed by atoms with Crippen LogP contribution in [0.3, 0.4) is 0 Å². The number of ether oxygens (including phenoxy) is 1. The molecule has 2 aliphatic carbocycles. The van der Waals surface area contributed by atoms with Crippen LogP contribution in [0.4, 0.5) is 0 Å². The molecule has 2 unspecified atom stereocenters. The van der Waals surface area contributed by atoms with E-state index in [0.29, 0.717) is 13.0 Å². The van der Waals surface area contributed by atoms with Crippen LogP contribution < -0.4 is 0 Å². The first-order chi connectivity index (χ1) is 11.7. The first kappa shape index (κ1) is 16.8. The Morgan fingerprint density at radius 1 is 1.32 bits per heavy atom. The zero-order valence-corrected chi connectivity index (χ0v) is 15.6. The highest BCUT2D eigenvalue weighted by atomic mass is 16.6. The lowest BCUT2D eigenvalue weighted by atomic mass is 9.58. The van der Waals surface area contributed by atoms with Gasteiger partial charge in [0.2, 0.25) is 0 Å². The Bertz CT molecular complexity index is 765. The molecule has 0 bridgehead atoms. The zero-order chi connectivity index (χ0) is 18.0. The van der Waals surface area contributed by atoms with Crippen LogP contribution in [0.15, 0.2) is 17.2 Å². The Kier molecular flexibility index (Phi) is 3.66. The number of hydrogen-bond acceptors (Lipinski definition) is 4. The molecule has 0 amide bonds. The molecule has 1 saturated carbocycles. The fourth-order valence-electron chi connectivity index (χ4n) is 5.37. The number of rotatable bonds is 2. The average Bonchev–Trinajstić information content (AvgIpc) is 2.97. The van der Waals surface area contributed by atoms with E-state index in [-0.39, 0.29) is 11.4 Å². The second-order valence-electron chi connectivity index (χ2n) is 8.58. The summed E-state index contributed by atoms with van der Waals surface area (Å²) < 4.78 is 7.65. The van der Waals surface area contributed by atoms with Gasteiger partial charge >= 0.3 is 5.97 Å². The molecule has 0 aromatic carbocycles. The van der Waals surface area contributed by atoms with E-state index in [1.165, 1.54) is 17.6 Å². The van der Waals surface area contributed by atoms with Gasteiger partial charge in [-0.3, -0.25) is 9.48 Å². The average molecular weight is 344 g/mol. The molecular formula is C20H28N2O3. The molecule has 136 valence electrons. The normalized spacial score (nSPS) is 37.7. The number of aliphatic hydroxyl groups is 1. The number of esters is 1. The number of carbonyl (C=O) groups is 1. The van der Waals surface area contributed by atoms with E-state index < -0.39 is 17.6 Å². The molecule has 1 aromatic rings. The summed E-state index contributed by atoms with van der Waals surface area (Å²) in [4.78, 5) is 12.7. The third kappa shape index (κ3) is 2.39. The minimum atomic E-state index is -1.11. The lowest BCUT2D eigenvalue weighted by Gasteiger charge is -2.49. The smallest absolute Gasteiger partial charge is 0.314 e. The van der Waals surface area contributed by atoms with Crippen LogP contribution in [0, 0.1) is 25.2 Å². The lowest BCUT2D eigenvalue weighted by Crippen LogP contribution is -2.54. The third-order valence-electron chi connectivity index (χ3n) is 6.76. The van der Waals surface area contributed by atoms with E-state index in [1.54, 1.807) is 0 Å². The van der Waals surface area contributed by atoms with Crippen molar-refractivity contribution in [3.8, 4) is 0 Å². The van der Waals surface area contributed by atoms with E-state index in [2.05, 4.69) is 18.9 Å². The predicted molar refractivity (Wildman–Crippen MR) is 93.9 cm³/mol. The second kappa shape index (κ2) is 5.44. The van der Waals surface area contributed by atoms with Crippen molar-refractivity contribution in [3.05, 3.63) is 28.6 Å². The summed E-state index contributed by atoms with van der Waals surface area (Å²) in [7, 11) is 0. The van der Waals surface area contributed by atoms with Crippen LogP contribution in [-0.2, 0) is 16.1 Å². The van der Waals surface area contributed by atoms with Crippen molar-refractivity contribution in [1.82, 2.24) is 9.78 Å². The first-order valence-electron chi connectivity index (χ1n) is 9.39. The summed E-state index contributed by atoms with van der Waals surface area (Å²) in [5.74, 6) is -0.836. The van der Waals surface area contributed by atoms with Crippen LogP contribution in [-0.4, -0.2) is 32.6 Å².